The predicted molar refractivity (Wildman–Crippen MR) is 58.1 cm³/mol. The second-order valence-corrected chi connectivity index (χ2v) is 3.18. The number of nitrogens with zero attached hydrogens (tertiary/aromatic N) is 4. The monoisotopic (exact) mass is 217 g/mol. The van der Waals surface area contributed by atoms with Crippen molar-refractivity contribution in [2.24, 2.45) is 0 Å². The molecule has 6 nitrogen and oxygen atoms in total. The lowest BCUT2D eigenvalue weighted by Crippen LogP contribution is -2.09. The molecule has 0 aliphatic carbocycles. The summed E-state index contributed by atoms with van der Waals surface area (Å²) >= 11 is 0. The number of pyridine rings is 1. The summed E-state index contributed by atoms with van der Waals surface area (Å²) in [5.74, 6) is 0.679. The molecule has 1 amide bonds. The minimum absolute atomic E-state index is 0.0288. The van der Waals surface area contributed by atoms with Crippen LogP contribution in [0.5, 0.6) is 0 Å². The van der Waals surface area contributed by atoms with Gasteiger partial charge in [-0.15, -0.1) is 10.2 Å². The van der Waals surface area contributed by atoms with Crippen LogP contribution in [0.25, 0.3) is 5.82 Å². The summed E-state index contributed by atoms with van der Waals surface area (Å²) < 4.78 is 1.69. The fourth-order valence-corrected chi connectivity index (χ4v) is 1.18. The van der Waals surface area contributed by atoms with Gasteiger partial charge in [-0.2, -0.15) is 0 Å². The molecule has 0 atom stereocenters. The maximum Gasteiger partial charge on any atom is 0.224 e. The molecule has 6 heteroatoms. The molecule has 82 valence electrons. The summed E-state index contributed by atoms with van der Waals surface area (Å²) in [6.45, 7) is 1.80. The second kappa shape index (κ2) is 4.52. The SMILES string of the molecule is CCC(=O)Nc1ccc(-n2cnnc2)nc1. The van der Waals surface area contributed by atoms with Gasteiger partial charge >= 0.3 is 0 Å². The quantitative estimate of drug-likeness (QED) is 0.832. The number of hydrogen-bond acceptors (Lipinski definition) is 4. The minimum Gasteiger partial charge on any atom is -0.325 e. The zero-order valence-corrected chi connectivity index (χ0v) is 8.79. The molecule has 2 heterocycles. The van der Waals surface area contributed by atoms with E-state index in [1.54, 1.807) is 42.5 Å². The number of carbonyl (C=O) groups is 1. The molecule has 0 unspecified atom stereocenters. The molecule has 2 aromatic heterocycles. The van der Waals surface area contributed by atoms with Crippen molar-refractivity contribution in [2.45, 2.75) is 13.3 Å². The van der Waals surface area contributed by atoms with E-state index in [1.165, 1.54) is 0 Å². The highest BCUT2D eigenvalue weighted by atomic mass is 16.1. The van der Waals surface area contributed by atoms with Gasteiger partial charge < -0.3 is 5.32 Å². The predicted octanol–water partition coefficient (Wildman–Crippen LogP) is 1.01. The van der Waals surface area contributed by atoms with E-state index in [1.807, 2.05) is 0 Å². The molecule has 2 rings (SSSR count). The summed E-state index contributed by atoms with van der Waals surface area (Å²) in [5.41, 5.74) is 0.684. The van der Waals surface area contributed by atoms with Crippen molar-refractivity contribution in [3.63, 3.8) is 0 Å². The minimum atomic E-state index is -0.0288. The van der Waals surface area contributed by atoms with Gasteiger partial charge in [-0.25, -0.2) is 4.98 Å². The second-order valence-electron chi connectivity index (χ2n) is 3.18. The third-order valence-corrected chi connectivity index (χ3v) is 2.04. The maximum absolute atomic E-state index is 11.1. The van der Waals surface area contributed by atoms with E-state index < -0.39 is 0 Å². The van der Waals surface area contributed by atoms with Gasteiger partial charge in [0.15, 0.2) is 0 Å². The van der Waals surface area contributed by atoms with Crippen LogP contribution < -0.4 is 5.32 Å². The van der Waals surface area contributed by atoms with Crippen LogP contribution in [-0.2, 0) is 4.79 Å². The van der Waals surface area contributed by atoms with Crippen molar-refractivity contribution < 1.29 is 4.79 Å². The maximum atomic E-state index is 11.1. The van der Waals surface area contributed by atoms with E-state index >= 15 is 0 Å². The first-order valence-electron chi connectivity index (χ1n) is 4.90. The number of aromatic nitrogens is 4. The summed E-state index contributed by atoms with van der Waals surface area (Å²) in [6, 6.07) is 3.57. The number of amides is 1. The lowest BCUT2D eigenvalue weighted by molar-refractivity contribution is -0.115. The lowest BCUT2D eigenvalue weighted by Gasteiger charge is -2.04. The van der Waals surface area contributed by atoms with Crippen LogP contribution in [0.1, 0.15) is 13.3 Å². The van der Waals surface area contributed by atoms with Crippen molar-refractivity contribution in [2.75, 3.05) is 5.32 Å². The van der Waals surface area contributed by atoms with Crippen molar-refractivity contribution in [3.05, 3.63) is 31.0 Å². The number of carbonyl (C=O) groups excluding carboxylic acids is 1. The van der Waals surface area contributed by atoms with Crippen LogP contribution in [-0.4, -0.2) is 25.7 Å². The zero-order chi connectivity index (χ0) is 11.4. The molecule has 16 heavy (non-hydrogen) atoms. The van der Waals surface area contributed by atoms with Gasteiger partial charge in [-0.1, -0.05) is 6.92 Å². The van der Waals surface area contributed by atoms with E-state index in [0.29, 0.717) is 17.9 Å². The van der Waals surface area contributed by atoms with Crippen LogP contribution in [0.4, 0.5) is 5.69 Å². The molecule has 1 N–H and O–H groups in total. The molecule has 0 bridgehead atoms. The Hall–Kier alpha value is -2.24. The first kappa shape index (κ1) is 10.3. The third kappa shape index (κ3) is 2.22. The van der Waals surface area contributed by atoms with Gasteiger partial charge in [0.2, 0.25) is 5.91 Å². The lowest BCUT2D eigenvalue weighted by atomic mass is 10.3. The highest BCUT2D eigenvalue weighted by Gasteiger charge is 2.01. The molecule has 0 spiro atoms. The molecule has 0 saturated carbocycles. The molecule has 0 aliphatic rings. The van der Waals surface area contributed by atoms with Crippen molar-refractivity contribution in [1.82, 2.24) is 19.7 Å². The standard InChI is InChI=1S/C10H11N5O/c1-2-10(16)14-8-3-4-9(11-5-8)15-6-12-13-7-15/h3-7H,2H2,1H3,(H,14,16). The van der Waals surface area contributed by atoms with Gasteiger partial charge in [0.05, 0.1) is 11.9 Å². The van der Waals surface area contributed by atoms with Crippen molar-refractivity contribution >= 4 is 11.6 Å². The Morgan fingerprint density at radius 2 is 2.12 bits per heavy atom. The molecule has 0 aliphatic heterocycles. The fraction of sp³-hybridized carbons (Fsp3) is 0.200. The zero-order valence-electron chi connectivity index (χ0n) is 8.79. The van der Waals surface area contributed by atoms with Gasteiger partial charge in [0.25, 0.3) is 0 Å². The Bertz CT molecular complexity index is 462. The van der Waals surface area contributed by atoms with Crippen molar-refractivity contribution in [1.29, 1.82) is 0 Å². The van der Waals surface area contributed by atoms with Gasteiger partial charge in [0.1, 0.15) is 18.5 Å². The normalized spacial score (nSPS) is 10.1. The summed E-state index contributed by atoms with van der Waals surface area (Å²) in [4.78, 5) is 15.3. The Balaban J connectivity index is 2.14. The van der Waals surface area contributed by atoms with Crippen LogP contribution in [0, 0.1) is 0 Å². The summed E-state index contributed by atoms with van der Waals surface area (Å²) in [5, 5.41) is 10.1. The highest BCUT2D eigenvalue weighted by Crippen LogP contribution is 2.09. The molecular formula is C10H11N5O. The fourth-order valence-electron chi connectivity index (χ4n) is 1.18. The Labute approximate surface area is 92.3 Å². The Morgan fingerprint density at radius 1 is 1.38 bits per heavy atom. The number of hydrogen-bond donors (Lipinski definition) is 1. The van der Waals surface area contributed by atoms with E-state index in [9.17, 15) is 4.79 Å². The van der Waals surface area contributed by atoms with E-state index in [-0.39, 0.29) is 5.91 Å². The average molecular weight is 217 g/mol. The Morgan fingerprint density at radius 3 is 2.69 bits per heavy atom. The number of anilines is 1. The van der Waals surface area contributed by atoms with Gasteiger partial charge in [-0.3, -0.25) is 9.36 Å². The third-order valence-electron chi connectivity index (χ3n) is 2.04. The van der Waals surface area contributed by atoms with Crippen LogP contribution in [0.15, 0.2) is 31.0 Å². The summed E-state index contributed by atoms with van der Waals surface area (Å²) in [7, 11) is 0. The number of rotatable bonds is 3. The molecule has 2 aromatic rings. The largest absolute Gasteiger partial charge is 0.325 e. The molecule has 0 fully saturated rings. The van der Waals surface area contributed by atoms with Crippen LogP contribution in [0.2, 0.25) is 0 Å². The smallest absolute Gasteiger partial charge is 0.224 e. The van der Waals surface area contributed by atoms with E-state index in [0.717, 1.165) is 0 Å². The van der Waals surface area contributed by atoms with Crippen LogP contribution in [0.3, 0.4) is 0 Å². The molecule has 0 radical (unpaired) electrons. The van der Waals surface area contributed by atoms with Gasteiger partial charge in [-0.05, 0) is 12.1 Å². The molecule has 0 aromatic carbocycles. The van der Waals surface area contributed by atoms with Crippen molar-refractivity contribution in [3.8, 4) is 5.82 Å². The van der Waals surface area contributed by atoms with Gasteiger partial charge in [0, 0.05) is 6.42 Å². The average Bonchev–Trinajstić information content (AvgIpc) is 2.83. The first-order valence-corrected chi connectivity index (χ1v) is 4.90. The first-order chi connectivity index (χ1) is 7.79. The summed E-state index contributed by atoms with van der Waals surface area (Å²) in [6.07, 6.45) is 5.18. The van der Waals surface area contributed by atoms with E-state index in [4.69, 9.17) is 0 Å². The molecular weight excluding hydrogens is 206 g/mol. The highest BCUT2D eigenvalue weighted by molar-refractivity contribution is 5.90. The number of nitrogens with one attached hydrogen (secondary N) is 1. The Kier molecular flexibility index (Phi) is 2.90. The molecule has 0 saturated heterocycles. The van der Waals surface area contributed by atoms with Crippen LogP contribution >= 0.6 is 0 Å². The van der Waals surface area contributed by atoms with E-state index in [2.05, 4.69) is 20.5 Å². The topological polar surface area (TPSA) is 72.7 Å².